The monoisotopic (exact) mass is 248 g/mol. The van der Waals surface area contributed by atoms with Crippen LogP contribution in [0.25, 0.3) is 11.0 Å². The number of benzene rings is 1. The highest BCUT2D eigenvalue weighted by atomic mass is 79.9. The van der Waals surface area contributed by atoms with Gasteiger partial charge in [0.15, 0.2) is 0 Å². The van der Waals surface area contributed by atoms with Crippen LogP contribution in [0.1, 0.15) is 0 Å². The van der Waals surface area contributed by atoms with Crippen molar-refractivity contribution in [2.75, 3.05) is 0 Å². The van der Waals surface area contributed by atoms with Crippen LogP contribution in [0, 0.1) is 0 Å². The SMILES string of the molecule is Clc1c(Br)ccc2nsnc12. The summed E-state index contributed by atoms with van der Waals surface area (Å²) in [7, 11) is 0. The van der Waals surface area contributed by atoms with Gasteiger partial charge in [0.1, 0.15) is 11.0 Å². The molecule has 0 spiro atoms. The van der Waals surface area contributed by atoms with Crippen LogP contribution in [0.15, 0.2) is 16.6 Å². The van der Waals surface area contributed by atoms with Gasteiger partial charge in [-0.05, 0) is 28.1 Å². The van der Waals surface area contributed by atoms with Gasteiger partial charge in [0.05, 0.1) is 16.8 Å². The number of hydrogen-bond acceptors (Lipinski definition) is 3. The summed E-state index contributed by atoms with van der Waals surface area (Å²) in [6, 6.07) is 3.75. The molecular weight excluding hydrogens is 248 g/mol. The molecule has 11 heavy (non-hydrogen) atoms. The second-order valence-corrected chi connectivity index (χ2v) is 3.75. The number of nitrogens with zero attached hydrogens (tertiary/aromatic N) is 2. The van der Waals surface area contributed by atoms with E-state index in [0.29, 0.717) is 5.02 Å². The molecule has 56 valence electrons. The molecule has 0 fully saturated rings. The van der Waals surface area contributed by atoms with Gasteiger partial charge in [0, 0.05) is 4.47 Å². The summed E-state index contributed by atoms with van der Waals surface area (Å²) in [6.07, 6.45) is 0. The number of hydrogen-bond donors (Lipinski definition) is 0. The summed E-state index contributed by atoms with van der Waals surface area (Å²) in [5.74, 6) is 0. The first-order chi connectivity index (χ1) is 5.29. The molecule has 0 saturated heterocycles. The Kier molecular flexibility index (Phi) is 1.83. The lowest BCUT2D eigenvalue weighted by Gasteiger charge is -1.92. The van der Waals surface area contributed by atoms with Crippen molar-refractivity contribution in [3.8, 4) is 0 Å². The van der Waals surface area contributed by atoms with Gasteiger partial charge in [-0.3, -0.25) is 0 Å². The molecule has 2 aromatic rings. The number of aromatic nitrogens is 2. The van der Waals surface area contributed by atoms with E-state index >= 15 is 0 Å². The van der Waals surface area contributed by atoms with Crippen molar-refractivity contribution in [2.24, 2.45) is 0 Å². The molecule has 5 heteroatoms. The van der Waals surface area contributed by atoms with Gasteiger partial charge < -0.3 is 0 Å². The van der Waals surface area contributed by atoms with E-state index in [1.165, 1.54) is 11.7 Å². The highest BCUT2D eigenvalue weighted by molar-refractivity contribution is 9.10. The standard InChI is InChI=1S/C6H2BrClN2S/c7-3-1-2-4-6(5(3)8)10-11-9-4/h1-2H. The van der Waals surface area contributed by atoms with Gasteiger partial charge in [0.2, 0.25) is 0 Å². The fourth-order valence-corrected chi connectivity index (χ4v) is 1.91. The second-order valence-electron chi connectivity index (χ2n) is 1.99. The van der Waals surface area contributed by atoms with Crippen molar-refractivity contribution in [3.05, 3.63) is 21.6 Å². The predicted molar refractivity (Wildman–Crippen MR) is 50.1 cm³/mol. The van der Waals surface area contributed by atoms with Crippen molar-refractivity contribution in [3.63, 3.8) is 0 Å². The minimum absolute atomic E-state index is 0.635. The minimum atomic E-state index is 0.635. The van der Waals surface area contributed by atoms with Gasteiger partial charge in [-0.1, -0.05) is 11.6 Å². The topological polar surface area (TPSA) is 25.8 Å². The average Bonchev–Trinajstić information content (AvgIpc) is 2.45. The Balaban J connectivity index is 2.93. The molecule has 0 aliphatic heterocycles. The molecular formula is C6H2BrClN2S. The molecule has 0 aliphatic carbocycles. The fraction of sp³-hybridized carbons (Fsp3) is 0. The lowest BCUT2D eigenvalue weighted by atomic mass is 10.3. The van der Waals surface area contributed by atoms with E-state index in [4.69, 9.17) is 11.6 Å². The summed E-state index contributed by atoms with van der Waals surface area (Å²) < 4.78 is 8.95. The molecule has 0 bridgehead atoms. The molecule has 0 atom stereocenters. The van der Waals surface area contributed by atoms with Crippen LogP contribution < -0.4 is 0 Å². The number of halogens is 2. The minimum Gasteiger partial charge on any atom is -0.173 e. The highest BCUT2D eigenvalue weighted by Gasteiger charge is 2.05. The first-order valence-corrected chi connectivity index (χ1v) is 4.75. The van der Waals surface area contributed by atoms with Crippen LogP contribution in [0.5, 0.6) is 0 Å². The van der Waals surface area contributed by atoms with Crippen LogP contribution >= 0.6 is 39.3 Å². The molecule has 0 saturated carbocycles. The molecule has 1 aromatic heterocycles. The Morgan fingerprint density at radius 1 is 1.36 bits per heavy atom. The van der Waals surface area contributed by atoms with E-state index < -0.39 is 0 Å². The summed E-state index contributed by atoms with van der Waals surface area (Å²) in [6.45, 7) is 0. The maximum Gasteiger partial charge on any atom is 0.124 e. The zero-order valence-electron chi connectivity index (χ0n) is 5.21. The Morgan fingerprint density at radius 2 is 2.18 bits per heavy atom. The van der Waals surface area contributed by atoms with E-state index in [0.717, 1.165) is 15.5 Å². The zero-order chi connectivity index (χ0) is 7.84. The van der Waals surface area contributed by atoms with Crippen molar-refractivity contribution in [2.45, 2.75) is 0 Å². The lowest BCUT2D eigenvalue weighted by Crippen LogP contribution is -1.72. The molecule has 0 radical (unpaired) electrons. The van der Waals surface area contributed by atoms with Gasteiger partial charge in [-0.25, -0.2) is 0 Å². The zero-order valence-corrected chi connectivity index (χ0v) is 8.37. The first-order valence-electron chi connectivity index (χ1n) is 2.85. The first kappa shape index (κ1) is 7.46. The summed E-state index contributed by atoms with van der Waals surface area (Å²) in [5.41, 5.74) is 1.62. The van der Waals surface area contributed by atoms with Gasteiger partial charge in [-0.2, -0.15) is 8.75 Å². The van der Waals surface area contributed by atoms with E-state index in [1.54, 1.807) is 0 Å². The maximum absolute atomic E-state index is 5.92. The lowest BCUT2D eigenvalue weighted by molar-refractivity contribution is 1.61. The van der Waals surface area contributed by atoms with E-state index in [2.05, 4.69) is 24.7 Å². The highest BCUT2D eigenvalue weighted by Crippen LogP contribution is 2.29. The Labute approximate surface area is 80.6 Å². The van der Waals surface area contributed by atoms with Crippen LogP contribution in [0.4, 0.5) is 0 Å². The van der Waals surface area contributed by atoms with E-state index in [1.807, 2.05) is 12.1 Å². The van der Waals surface area contributed by atoms with E-state index in [-0.39, 0.29) is 0 Å². The van der Waals surface area contributed by atoms with E-state index in [9.17, 15) is 0 Å². The van der Waals surface area contributed by atoms with Crippen molar-refractivity contribution in [1.82, 2.24) is 8.75 Å². The molecule has 0 aliphatic rings. The molecule has 0 unspecified atom stereocenters. The van der Waals surface area contributed by atoms with Crippen LogP contribution in [0.2, 0.25) is 5.02 Å². The predicted octanol–water partition coefficient (Wildman–Crippen LogP) is 3.11. The largest absolute Gasteiger partial charge is 0.173 e. The average molecular weight is 250 g/mol. The molecule has 2 nitrogen and oxygen atoms in total. The quantitative estimate of drug-likeness (QED) is 0.717. The third-order valence-electron chi connectivity index (χ3n) is 1.32. The molecule has 1 aromatic carbocycles. The molecule has 1 heterocycles. The van der Waals surface area contributed by atoms with Crippen molar-refractivity contribution >= 4 is 50.3 Å². The second kappa shape index (κ2) is 2.69. The van der Waals surface area contributed by atoms with Gasteiger partial charge in [0.25, 0.3) is 0 Å². The van der Waals surface area contributed by atoms with Crippen molar-refractivity contribution in [1.29, 1.82) is 0 Å². The summed E-state index contributed by atoms with van der Waals surface area (Å²) in [4.78, 5) is 0. The Morgan fingerprint density at radius 3 is 3.00 bits per heavy atom. The van der Waals surface area contributed by atoms with Crippen LogP contribution in [-0.2, 0) is 0 Å². The Bertz CT molecular complexity index is 400. The summed E-state index contributed by atoms with van der Waals surface area (Å²) >= 11 is 10.4. The normalized spacial score (nSPS) is 10.7. The number of fused-ring (bicyclic) bond motifs is 1. The third-order valence-corrected chi connectivity index (χ3v) is 3.13. The Hall–Kier alpha value is -0.190. The summed E-state index contributed by atoms with van der Waals surface area (Å²) in [5, 5.41) is 0.635. The van der Waals surface area contributed by atoms with Gasteiger partial charge in [-0.15, -0.1) is 0 Å². The van der Waals surface area contributed by atoms with Crippen LogP contribution in [-0.4, -0.2) is 8.75 Å². The van der Waals surface area contributed by atoms with Gasteiger partial charge >= 0.3 is 0 Å². The molecule has 0 amide bonds. The fourth-order valence-electron chi connectivity index (χ4n) is 0.795. The maximum atomic E-state index is 5.92. The third kappa shape index (κ3) is 1.15. The van der Waals surface area contributed by atoms with Crippen molar-refractivity contribution < 1.29 is 0 Å². The molecule has 2 rings (SSSR count). The van der Waals surface area contributed by atoms with Crippen LogP contribution in [0.3, 0.4) is 0 Å². The number of rotatable bonds is 0. The molecule has 0 N–H and O–H groups in total. The smallest absolute Gasteiger partial charge is 0.124 e.